The first kappa shape index (κ1) is 52.9. The average Bonchev–Trinajstić information content (AvgIpc) is 3.57. The molecule has 18 heteroatoms. The molecule has 1 aliphatic heterocycles. The van der Waals surface area contributed by atoms with Crippen molar-refractivity contribution in [3.8, 4) is 11.1 Å². The highest BCUT2D eigenvalue weighted by Crippen LogP contribution is 2.44. The van der Waals surface area contributed by atoms with Gasteiger partial charge in [0.05, 0.1) is 12.7 Å². The van der Waals surface area contributed by atoms with Gasteiger partial charge < -0.3 is 49.2 Å². The third kappa shape index (κ3) is 13.1. The Morgan fingerprint density at radius 1 is 0.735 bits per heavy atom. The zero-order valence-electron chi connectivity index (χ0n) is 40.6. The smallest absolute Gasteiger partial charge is 0.407 e. The second-order valence-corrected chi connectivity index (χ2v) is 23.9. The molecule has 1 aliphatic carbocycles. The number of fused-ring (bicyclic) bond motifs is 3. The van der Waals surface area contributed by atoms with Crippen LogP contribution >= 0.6 is 0 Å². The Kier molecular flexibility index (Phi) is 17.4. The van der Waals surface area contributed by atoms with Crippen LogP contribution in [-0.2, 0) is 69.9 Å². The minimum Gasteiger partial charge on any atom is -0.479 e. The van der Waals surface area contributed by atoms with E-state index in [0.29, 0.717) is 11.3 Å². The average molecular weight is 960 g/mol. The molecule has 1 heterocycles. The molecule has 17 nitrogen and oxygen atoms in total. The van der Waals surface area contributed by atoms with E-state index in [0.717, 1.165) is 48.6 Å². The number of ether oxygens (including phenoxy) is 5. The fourth-order valence-corrected chi connectivity index (χ4v) is 9.05. The van der Waals surface area contributed by atoms with Crippen LogP contribution in [0.15, 0.2) is 66.7 Å². The van der Waals surface area contributed by atoms with Crippen LogP contribution in [0.5, 0.6) is 0 Å². The fourth-order valence-electron chi connectivity index (χ4n) is 8.10. The molecule has 0 saturated carbocycles. The number of carboxylic acid groups (broad SMARTS) is 1. The van der Waals surface area contributed by atoms with E-state index >= 15 is 0 Å². The summed E-state index contributed by atoms with van der Waals surface area (Å²) in [6.07, 6.45) is -8.09. The highest BCUT2D eigenvalue weighted by molar-refractivity contribution is 6.74. The molecule has 2 aliphatic rings. The number of aliphatic carboxylic acids is 1. The topological polar surface area (TPSA) is 231 Å². The summed E-state index contributed by atoms with van der Waals surface area (Å²) in [5, 5.41) is 18.3. The van der Waals surface area contributed by atoms with Crippen LogP contribution in [0, 0.1) is 5.92 Å². The van der Waals surface area contributed by atoms with Crippen molar-refractivity contribution in [1.82, 2.24) is 10.6 Å². The monoisotopic (exact) mass is 959 g/mol. The summed E-state index contributed by atoms with van der Waals surface area (Å²) in [5.41, 5.74) is 6.02. The minimum atomic E-state index is -2.28. The molecule has 0 radical (unpaired) electrons. The predicted octanol–water partition coefficient (Wildman–Crippen LogP) is 6.79. The standard InChI is InChI=1S/C50H65N3O14Si/c1-27(2)41(53-49(61)62-26-39-37-18-14-12-16-35(37)36-17-13-15-19-38(36)39)47(58)51-28(3)46(57)52-34-22-20-33(25-63-68(10,11)50(7,8)9)32(24-34)21-23-40-42(64-29(4)54)43(65-30(5)55)44(66-31(6)56)45(67-40)48(59)60/h12-20,22,24,27-28,39-45H,21,23,25-26H2,1-11H3,(H,51,58)(H,52,57)(H,53,61)(H,59,60)/t28?,40-,41?,42-,43+,44-,45-/m0/s1. The molecule has 0 spiro atoms. The van der Waals surface area contributed by atoms with Gasteiger partial charge in [0.2, 0.25) is 11.8 Å². The number of amides is 3. The molecule has 0 bridgehead atoms. The lowest BCUT2D eigenvalue weighted by atomic mass is 9.90. The van der Waals surface area contributed by atoms with Gasteiger partial charge in [-0.25, -0.2) is 9.59 Å². The number of carbonyl (C=O) groups is 7. The van der Waals surface area contributed by atoms with Gasteiger partial charge in [0.1, 0.15) is 18.7 Å². The molecule has 3 aromatic rings. The fraction of sp³-hybridized carbons (Fsp3) is 0.500. The Morgan fingerprint density at radius 2 is 1.29 bits per heavy atom. The number of hydrogen-bond acceptors (Lipinski definition) is 13. The van der Waals surface area contributed by atoms with Crippen molar-refractivity contribution in [2.24, 2.45) is 5.92 Å². The van der Waals surface area contributed by atoms with Gasteiger partial charge in [-0.15, -0.1) is 0 Å². The van der Waals surface area contributed by atoms with Crippen molar-refractivity contribution in [2.45, 2.75) is 148 Å². The van der Waals surface area contributed by atoms with E-state index in [-0.39, 0.29) is 42.9 Å². The quantitative estimate of drug-likeness (QED) is 0.0584. The first-order valence-corrected chi connectivity index (χ1v) is 25.7. The van der Waals surface area contributed by atoms with Crippen LogP contribution in [0.1, 0.15) is 96.9 Å². The normalized spacial score (nSPS) is 19.9. The van der Waals surface area contributed by atoms with Gasteiger partial charge in [-0.05, 0) is 89.3 Å². The Hall–Kier alpha value is -6.11. The maximum atomic E-state index is 13.7. The van der Waals surface area contributed by atoms with E-state index in [1.807, 2.05) is 48.5 Å². The lowest BCUT2D eigenvalue weighted by molar-refractivity contribution is -0.248. The van der Waals surface area contributed by atoms with Gasteiger partial charge in [-0.1, -0.05) is 89.2 Å². The number of hydrogen-bond donors (Lipinski definition) is 4. The Morgan fingerprint density at radius 3 is 1.84 bits per heavy atom. The summed E-state index contributed by atoms with van der Waals surface area (Å²) in [7, 11) is -2.28. The summed E-state index contributed by atoms with van der Waals surface area (Å²) in [6.45, 7) is 19.1. The molecular formula is C50H65N3O14Si. The number of aryl methyl sites for hydroxylation is 1. The molecule has 1 saturated heterocycles. The third-order valence-electron chi connectivity index (χ3n) is 12.7. The summed E-state index contributed by atoms with van der Waals surface area (Å²) < 4.78 is 34.6. The second kappa shape index (κ2) is 22.3. The molecule has 3 aromatic carbocycles. The summed E-state index contributed by atoms with van der Waals surface area (Å²) in [4.78, 5) is 89.8. The summed E-state index contributed by atoms with van der Waals surface area (Å²) >= 11 is 0. The SMILES string of the molecule is CC(=O)O[C@@H]1[C@@H](OC(C)=O)[C@H](CCc2cc(NC(=O)C(C)NC(=O)C(NC(=O)OCC3c4ccccc4-c4ccccc43)C(C)C)ccc2CO[Si](C)(C)C(C)(C)C)O[C@H](C(=O)O)[C@H]1OC(C)=O. The van der Waals surface area contributed by atoms with E-state index in [1.54, 1.807) is 32.0 Å². The summed E-state index contributed by atoms with van der Waals surface area (Å²) in [6, 6.07) is 19.0. The Bertz CT molecular complexity index is 2320. The molecule has 4 N–H and O–H groups in total. The Labute approximate surface area is 398 Å². The van der Waals surface area contributed by atoms with Crippen molar-refractivity contribution < 1.29 is 66.8 Å². The van der Waals surface area contributed by atoms with Gasteiger partial charge in [0.15, 0.2) is 32.7 Å². The molecule has 0 aromatic heterocycles. The number of carboxylic acids is 1. The van der Waals surface area contributed by atoms with Crippen molar-refractivity contribution in [3.05, 3.63) is 89.0 Å². The number of benzene rings is 3. The number of carbonyl (C=O) groups excluding carboxylic acids is 6. The number of alkyl carbamates (subject to hydrolysis) is 1. The number of rotatable bonds is 18. The second-order valence-electron chi connectivity index (χ2n) is 19.1. The highest BCUT2D eigenvalue weighted by Gasteiger charge is 2.54. The largest absolute Gasteiger partial charge is 0.479 e. The zero-order chi connectivity index (χ0) is 50.2. The molecule has 5 rings (SSSR count). The van der Waals surface area contributed by atoms with E-state index in [4.69, 9.17) is 28.1 Å². The van der Waals surface area contributed by atoms with Crippen molar-refractivity contribution >= 4 is 55.8 Å². The first-order chi connectivity index (χ1) is 31.9. The minimum absolute atomic E-state index is 0.0104. The molecule has 368 valence electrons. The van der Waals surface area contributed by atoms with Crippen molar-refractivity contribution in [1.29, 1.82) is 0 Å². The third-order valence-corrected chi connectivity index (χ3v) is 17.1. The van der Waals surface area contributed by atoms with Crippen LogP contribution in [0.2, 0.25) is 18.1 Å². The molecule has 3 amide bonds. The van der Waals surface area contributed by atoms with Crippen LogP contribution < -0.4 is 16.0 Å². The Balaban J connectivity index is 1.31. The first-order valence-electron chi connectivity index (χ1n) is 22.8. The maximum absolute atomic E-state index is 13.7. The predicted molar refractivity (Wildman–Crippen MR) is 253 cm³/mol. The lowest BCUT2D eigenvalue weighted by Gasteiger charge is -2.43. The van der Waals surface area contributed by atoms with Crippen LogP contribution in [-0.4, -0.2) is 104 Å². The van der Waals surface area contributed by atoms with Gasteiger partial charge in [-0.2, -0.15) is 0 Å². The molecular weight excluding hydrogens is 895 g/mol. The maximum Gasteiger partial charge on any atom is 0.407 e. The number of nitrogens with one attached hydrogen (secondary N) is 3. The highest BCUT2D eigenvalue weighted by atomic mass is 28.4. The van der Waals surface area contributed by atoms with Gasteiger partial charge in [0, 0.05) is 32.4 Å². The van der Waals surface area contributed by atoms with E-state index in [9.17, 15) is 38.7 Å². The molecule has 2 unspecified atom stereocenters. The van der Waals surface area contributed by atoms with Crippen LogP contribution in [0.3, 0.4) is 0 Å². The van der Waals surface area contributed by atoms with Crippen molar-refractivity contribution in [2.75, 3.05) is 11.9 Å². The van der Waals surface area contributed by atoms with E-state index < -0.39 is 92.7 Å². The van der Waals surface area contributed by atoms with Crippen LogP contribution in [0.4, 0.5) is 10.5 Å². The van der Waals surface area contributed by atoms with Gasteiger partial charge >= 0.3 is 30.0 Å². The number of anilines is 1. The molecule has 1 fully saturated rings. The van der Waals surface area contributed by atoms with Crippen molar-refractivity contribution in [3.63, 3.8) is 0 Å². The van der Waals surface area contributed by atoms with Gasteiger partial charge in [-0.3, -0.25) is 24.0 Å². The molecule has 7 atom stereocenters. The molecule has 68 heavy (non-hydrogen) atoms. The summed E-state index contributed by atoms with van der Waals surface area (Å²) in [5.74, 6) is -5.68. The van der Waals surface area contributed by atoms with E-state index in [2.05, 4.69) is 49.8 Å². The zero-order valence-corrected chi connectivity index (χ0v) is 41.6. The van der Waals surface area contributed by atoms with E-state index in [1.165, 1.54) is 6.92 Å². The van der Waals surface area contributed by atoms with Gasteiger partial charge in [0.25, 0.3) is 0 Å². The number of esters is 3. The van der Waals surface area contributed by atoms with Crippen LogP contribution in [0.25, 0.3) is 11.1 Å². The lowest BCUT2D eigenvalue weighted by Crippen LogP contribution is -2.63.